The Kier molecular flexibility index (Phi) is 4.88. The number of hydrazine groups is 1. The summed E-state index contributed by atoms with van der Waals surface area (Å²) >= 11 is 0. The molecule has 6 rings (SSSR count). The molecule has 0 saturated heterocycles. The molecular weight excluding hydrogens is 366 g/mol. The number of rotatable bonds is 4. The second-order valence-corrected chi connectivity index (χ2v) is 9.78. The molecule has 156 valence electrons. The number of hydrogen-bond donors (Lipinski definition) is 3. The van der Waals surface area contributed by atoms with E-state index in [-0.39, 0.29) is 17.5 Å². The van der Waals surface area contributed by atoms with Crippen molar-refractivity contribution >= 4 is 11.9 Å². The van der Waals surface area contributed by atoms with Gasteiger partial charge in [0.15, 0.2) is 0 Å². The Morgan fingerprint density at radius 3 is 2.03 bits per heavy atom. The van der Waals surface area contributed by atoms with Gasteiger partial charge in [0.2, 0.25) is 0 Å². The highest BCUT2D eigenvalue weighted by Crippen LogP contribution is 2.55. The Morgan fingerprint density at radius 1 is 0.862 bits per heavy atom. The van der Waals surface area contributed by atoms with Crippen LogP contribution in [0.3, 0.4) is 0 Å². The summed E-state index contributed by atoms with van der Waals surface area (Å²) in [6, 6.07) is 6.81. The third-order valence-electron chi connectivity index (χ3n) is 7.43. The molecule has 0 heterocycles. The average molecular weight is 398 g/mol. The summed E-state index contributed by atoms with van der Waals surface area (Å²) in [5.41, 5.74) is 5.51. The molecule has 1 aromatic carbocycles. The van der Waals surface area contributed by atoms with Crippen molar-refractivity contribution in [2.45, 2.75) is 75.9 Å². The van der Waals surface area contributed by atoms with Crippen LogP contribution in [0.25, 0.3) is 0 Å². The average Bonchev–Trinajstić information content (AvgIpc) is 3.18. The maximum absolute atomic E-state index is 12.5. The quantitative estimate of drug-likeness (QED) is 0.674. The van der Waals surface area contributed by atoms with E-state index in [2.05, 4.69) is 16.2 Å². The number of carbonyl (C=O) groups is 2. The lowest BCUT2D eigenvalue weighted by atomic mass is 9.53. The van der Waals surface area contributed by atoms with Crippen molar-refractivity contribution in [2.24, 2.45) is 17.8 Å². The molecule has 0 atom stereocenters. The summed E-state index contributed by atoms with van der Waals surface area (Å²) in [4.78, 5) is 24.8. The number of hydrogen-bond acceptors (Lipinski definition) is 3. The molecule has 3 amide bonds. The second kappa shape index (κ2) is 7.54. The van der Waals surface area contributed by atoms with Crippen molar-refractivity contribution in [3.05, 3.63) is 29.8 Å². The zero-order chi connectivity index (χ0) is 19.8. The molecule has 6 nitrogen and oxygen atoms in total. The predicted molar refractivity (Wildman–Crippen MR) is 109 cm³/mol. The summed E-state index contributed by atoms with van der Waals surface area (Å²) in [5.74, 6) is 2.77. The Bertz CT molecular complexity index is 735. The van der Waals surface area contributed by atoms with E-state index >= 15 is 0 Å². The van der Waals surface area contributed by atoms with Crippen molar-refractivity contribution in [2.75, 3.05) is 0 Å². The molecule has 5 fully saturated rings. The molecule has 1 aromatic rings. The van der Waals surface area contributed by atoms with E-state index < -0.39 is 0 Å². The molecule has 3 N–H and O–H groups in total. The molecule has 5 aliphatic rings. The Balaban J connectivity index is 1.11. The van der Waals surface area contributed by atoms with Crippen LogP contribution in [-0.2, 0) is 0 Å². The fourth-order valence-corrected chi connectivity index (χ4v) is 6.61. The molecule has 0 aromatic heterocycles. The van der Waals surface area contributed by atoms with E-state index in [4.69, 9.17) is 4.74 Å². The van der Waals surface area contributed by atoms with Crippen LogP contribution in [-0.4, -0.2) is 23.6 Å². The maximum atomic E-state index is 12.5. The minimum absolute atomic E-state index is 0.0667. The predicted octanol–water partition coefficient (Wildman–Crippen LogP) is 3.92. The number of nitrogens with one attached hydrogen (secondary N) is 3. The van der Waals surface area contributed by atoms with E-state index in [0.717, 1.165) is 55.6 Å². The molecule has 6 heteroatoms. The number of ether oxygens (including phenoxy) is 1. The van der Waals surface area contributed by atoms with Crippen LogP contribution >= 0.6 is 0 Å². The number of amides is 3. The van der Waals surface area contributed by atoms with Crippen molar-refractivity contribution in [1.82, 2.24) is 16.2 Å². The Hall–Kier alpha value is -2.24. The van der Waals surface area contributed by atoms with Gasteiger partial charge in [-0.1, -0.05) is 0 Å². The molecule has 29 heavy (non-hydrogen) atoms. The summed E-state index contributed by atoms with van der Waals surface area (Å²) in [5, 5.41) is 3.20. The highest BCUT2D eigenvalue weighted by molar-refractivity contribution is 5.95. The van der Waals surface area contributed by atoms with Crippen LogP contribution in [0, 0.1) is 17.8 Å². The van der Waals surface area contributed by atoms with Crippen molar-refractivity contribution < 1.29 is 14.3 Å². The summed E-state index contributed by atoms with van der Waals surface area (Å²) in [6.07, 6.45) is 12.2. The lowest BCUT2D eigenvalue weighted by Crippen LogP contribution is -2.62. The van der Waals surface area contributed by atoms with Crippen LogP contribution in [0.5, 0.6) is 5.75 Å². The van der Waals surface area contributed by atoms with Gasteiger partial charge in [-0.2, -0.15) is 0 Å². The second-order valence-electron chi connectivity index (χ2n) is 9.78. The molecule has 4 bridgehead atoms. The normalized spacial score (nSPS) is 32.8. The summed E-state index contributed by atoms with van der Waals surface area (Å²) in [7, 11) is 0. The first-order chi connectivity index (χ1) is 14.1. The Morgan fingerprint density at radius 2 is 1.45 bits per heavy atom. The first-order valence-electron chi connectivity index (χ1n) is 11.2. The van der Waals surface area contributed by atoms with Gasteiger partial charge in [-0.3, -0.25) is 10.2 Å². The highest BCUT2D eigenvalue weighted by Gasteiger charge is 2.51. The van der Waals surface area contributed by atoms with Crippen LogP contribution < -0.4 is 20.9 Å². The summed E-state index contributed by atoms with van der Waals surface area (Å²) in [6.45, 7) is 0. The smallest absolute Gasteiger partial charge is 0.333 e. The third kappa shape index (κ3) is 4.07. The van der Waals surface area contributed by atoms with E-state index in [0.29, 0.717) is 11.7 Å². The van der Waals surface area contributed by atoms with Gasteiger partial charge in [0, 0.05) is 11.1 Å². The van der Waals surface area contributed by atoms with Gasteiger partial charge in [0.25, 0.3) is 5.91 Å². The van der Waals surface area contributed by atoms with Crippen LogP contribution in [0.1, 0.15) is 74.6 Å². The fourth-order valence-electron chi connectivity index (χ4n) is 6.61. The monoisotopic (exact) mass is 397 g/mol. The van der Waals surface area contributed by atoms with Crippen molar-refractivity contribution in [1.29, 1.82) is 0 Å². The third-order valence-corrected chi connectivity index (χ3v) is 7.43. The van der Waals surface area contributed by atoms with E-state index in [1.54, 1.807) is 12.1 Å². The Labute approximate surface area is 172 Å². The van der Waals surface area contributed by atoms with Crippen molar-refractivity contribution in [3.63, 3.8) is 0 Å². The van der Waals surface area contributed by atoms with Gasteiger partial charge in [0.05, 0.1) is 6.10 Å². The van der Waals surface area contributed by atoms with Gasteiger partial charge in [-0.05, 0) is 106 Å². The van der Waals surface area contributed by atoms with Crippen LogP contribution in [0.2, 0.25) is 0 Å². The summed E-state index contributed by atoms with van der Waals surface area (Å²) < 4.78 is 5.93. The zero-order valence-electron chi connectivity index (χ0n) is 16.9. The van der Waals surface area contributed by atoms with Crippen molar-refractivity contribution in [3.8, 4) is 5.75 Å². The molecule has 0 aliphatic heterocycles. The fraction of sp³-hybridized carbons (Fsp3) is 0.652. The minimum Gasteiger partial charge on any atom is -0.490 e. The molecule has 0 spiro atoms. The number of benzene rings is 1. The number of carbonyl (C=O) groups excluding carboxylic acids is 2. The van der Waals surface area contributed by atoms with Gasteiger partial charge in [0.1, 0.15) is 5.75 Å². The zero-order valence-corrected chi connectivity index (χ0v) is 16.9. The highest BCUT2D eigenvalue weighted by atomic mass is 16.5. The van der Waals surface area contributed by atoms with E-state index in [9.17, 15) is 9.59 Å². The lowest BCUT2D eigenvalue weighted by Gasteiger charge is -2.56. The molecule has 5 aliphatic carbocycles. The number of urea groups is 1. The van der Waals surface area contributed by atoms with Crippen LogP contribution in [0.4, 0.5) is 4.79 Å². The van der Waals surface area contributed by atoms with Gasteiger partial charge in [-0.15, -0.1) is 0 Å². The molecule has 0 unspecified atom stereocenters. The van der Waals surface area contributed by atoms with E-state index in [1.807, 2.05) is 12.1 Å². The standard InChI is InChI=1S/C23H31N3O3/c27-21(18-5-7-20(8-6-18)29-19-3-1-2-4-19)25-26-22(28)24-23-12-15-9-16(13-23)11-17(10-15)14-23/h5-8,15-17,19H,1-4,9-14H2,(H,25,27)(H2,24,26,28). The molecular formula is C23H31N3O3. The van der Waals surface area contributed by atoms with Gasteiger partial charge >= 0.3 is 6.03 Å². The SMILES string of the molecule is O=C(NNC(=O)c1ccc(OC2CCCC2)cc1)NC12CC3CC(CC(C3)C1)C2. The largest absolute Gasteiger partial charge is 0.490 e. The maximum Gasteiger partial charge on any atom is 0.333 e. The lowest BCUT2D eigenvalue weighted by molar-refractivity contribution is -0.0137. The first kappa shape index (κ1) is 18.8. The molecule has 0 radical (unpaired) electrons. The minimum atomic E-state index is -0.321. The van der Waals surface area contributed by atoms with Crippen LogP contribution in [0.15, 0.2) is 24.3 Å². The van der Waals surface area contributed by atoms with Gasteiger partial charge in [-0.25, -0.2) is 10.2 Å². The van der Waals surface area contributed by atoms with E-state index in [1.165, 1.54) is 32.1 Å². The molecule has 5 saturated carbocycles. The first-order valence-corrected chi connectivity index (χ1v) is 11.2. The topological polar surface area (TPSA) is 79.5 Å². The van der Waals surface area contributed by atoms with Gasteiger partial charge < -0.3 is 10.1 Å².